The van der Waals surface area contributed by atoms with Crippen LogP contribution in [-0.2, 0) is 4.79 Å². The highest BCUT2D eigenvalue weighted by Crippen LogP contribution is 2.51. The first-order chi connectivity index (χ1) is 16.3. The summed E-state index contributed by atoms with van der Waals surface area (Å²) >= 11 is 0. The van der Waals surface area contributed by atoms with Gasteiger partial charge in [0.2, 0.25) is 0 Å². The van der Waals surface area contributed by atoms with Crippen LogP contribution in [0.5, 0.6) is 17.2 Å². The molecule has 0 N–H and O–H groups in total. The molecule has 174 valence electrons. The van der Waals surface area contributed by atoms with Crippen LogP contribution >= 0.6 is 0 Å². The number of carbonyl (C=O) groups is 1. The zero-order chi connectivity index (χ0) is 24.0. The SMILES string of the molecule is C=CCOc1ccc(C2C3=C(CC(C)(C)CC3=O)Oc3c2c(=O)oc2ccccc32)cc1OC. The molecule has 3 aromatic rings. The highest BCUT2D eigenvalue weighted by Gasteiger charge is 2.44. The first kappa shape index (κ1) is 22.0. The molecule has 0 fully saturated rings. The summed E-state index contributed by atoms with van der Waals surface area (Å²) in [5, 5.41) is 0.697. The van der Waals surface area contributed by atoms with Gasteiger partial charge in [-0.3, -0.25) is 4.79 Å². The minimum absolute atomic E-state index is 0.0274. The fourth-order valence-electron chi connectivity index (χ4n) is 4.92. The molecule has 2 heterocycles. The van der Waals surface area contributed by atoms with E-state index in [-0.39, 0.29) is 11.2 Å². The van der Waals surface area contributed by atoms with Crippen molar-refractivity contribution in [2.75, 3.05) is 13.7 Å². The van der Waals surface area contributed by atoms with Gasteiger partial charge in [-0.1, -0.05) is 44.7 Å². The lowest BCUT2D eigenvalue weighted by atomic mass is 9.70. The Hall–Kier alpha value is -3.80. The van der Waals surface area contributed by atoms with E-state index in [9.17, 15) is 9.59 Å². The summed E-state index contributed by atoms with van der Waals surface area (Å²) in [6, 6.07) is 12.7. The standard InChI is InChI=1S/C28H26O6/c1-5-12-32-20-11-10-16(13-21(20)31-4)23-24-18(29)14-28(2,3)15-22(24)33-26-17-8-6-7-9-19(17)34-27(30)25(23)26/h5-11,13,23H,1,12,14-15H2,2-4H3. The van der Waals surface area contributed by atoms with Gasteiger partial charge in [0, 0.05) is 18.4 Å². The predicted molar refractivity (Wildman–Crippen MR) is 129 cm³/mol. The van der Waals surface area contributed by atoms with Gasteiger partial charge in [-0.2, -0.15) is 0 Å². The highest BCUT2D eigenvalue weighted by atomic mass is 16.5. The molecule has 6 nitrogen and oxygen atoms in total. The minimum atomic E-state index is -0.634. The van der Waals surface area contributed by atoms with Crippen LogP contribution in [0.15, 0.2) is 75.7 Å². The number of ketones is 1. The number of rotatable bonds is 5. The number of ether oxygens (including phenoxy) is 3. The fourth-order valence-corrected chi connectivity index (χ4v) is 4.92. The molecule has 1 unspecified atom stereocenters. The number of methoxy groups -OCH3 is 1. The van der Waals surface area contributed by atoms with E-state index in [1.807, 2.05) is 30.3 Å². The Morgan fingerprint density at radius 1 is 1.12 bits per heavy atom. The number of para-hydroxylation sites is 1. The van der Waals surface area contributed by atoms with Crippen molar-refractivity contribution in [1.29, 1.82) is 0 Å². The summed E-state index contributed by atoms with van der Waals surface area (Å²) in [5.41, 5.74) is 1.25. The molecule has 0 amide bonds. The molecule has 0 radical (unpaired) electrons. The molecule has 1 aliphatic heterocycles. The molecular formula is C28H26O6. The average Bonchev–Trinajstić information content (AvgIpc) is 2.80. The molecule has 0 saturated carbocycles. The summed E-state index contributed by atoms with van der Waals surface area (Å²) in [6.45, 7) is 8.11. The Bertz CT molecular complexity index is 1410. The van der Waals surface area contributed by atoms with E-state index in [0.717, 1.165) is 5.56 Å². The van der Waals surface area contributed by atoms with E-state index in [2.05, 4.69) is 20.4 Å². The van der Waals surface area contributed by atoms with Crippen molar-refractivity contribution < 1.29 is 23.4 Å². The average molecular weight is 459 g/mol. The third-order valence-electron chi connectivity index (χ3n) is 6.36. The van der Waals surface area contributed by atoms with Gasteiger partial charge in [-0.25, -0.2) is 4.79 Å². The molecular weight excluding hydrogens is 432 g/mol. The van der Waals surface area contributed by atoms with E-state index in [1.165, 1.54) is 0 Å². The number of allylic oxidation sites excluding steroid dienone is 2. The Morgan fingerprint density at radius 2 is 1.91 bits per heavy atom. The third-order valence-corrected chi connectivity index (χ3v) is 6.36. The van der Waals surface area contributed by atoms with Crippen molar-refractivity contribution in [3.05, 3.63) is 88.0 Å². The van der Waals surface area contributed by atoms with Gasteiger partial charge < -0.3 is 18.6 Å². The zero-order valence-electron chi connectivity index (χ0n) is 19.5. The molecule has 1 aliphatic carbocycles. The second-order valence-corrected chi connectivity index (χ2v) is 9.45. The lowest BCUT2D eigenvalue weighted by molar-refractivity contribution is -0.118. The van der Waals surface area contributed by atoms with Crippen molar-refractivity contribution in [1.82, 2.24) is 0 Å². The van der Waals surface area contributed by atoms with Crippen LogP contribution in [-0.4, -0.2) is 19.5 Å². The molecule has 34 heavy (non-hydrogen) atoms. The van der Waals surface area contributed by atoms with Crippen LogP contribution in [0.3, 0.4) is 0 Å². The van der Waals surface area contributed by atoms with Gasteiger partial charge in [0.25, 0.3) is 0 Å². The smallest absolute Gasteiger partial charge is 0.344 e. The van der Waals surface area contributed by atoms with Gasteiger partial charge in [0.15, 0.2) is 17.3 Å². The van der Waals surface area contributed by atoms with Crippen LogP contribution in [0.4, 0.5) is 0 Å². The lowest BCUT2D eigenvalue weighted by Crippen LogP contribution is -2.34. The molecule has 0 spiro atoms. The number of Topliss-reactive ketones (excluding diaryl/α,β-unsaturated/α-hetero) is 1. The highest BCUT2D eigenvalue weighted by molar-refractivity contribution is 6.01. The van der Waals surface area contributed by atoms with Crippen LogP contribution in [0.2, 0.25) is 0 Å². The Morgan fingerprint density at radius 3 is 2.68 bits per heavy atom. The van der Waals surface area contributed by atoms with Crippen molar-refractivity contribution in [2.24, 2.45) is 5.41 Å². The van der Waals surface area contributed by atoms with Crippen LogP contribution < -0.4 is 19.8 Å². The molecule has 0 bridgehead atoms. The van der Waals surface area contributed by atoms with Crippen LogP contribution in [0, 0.1) is 5.41 Å². The van der Waals surface area contributed by atoms with Gasteiger partial charge >= 0.3 is 5.63 Å². The molecule has 2 aliphatic rings. The summed E-state index contributed by atoms with van der Waals surface area (Å²) in [4.78, 5) is 26.7. The molecule has 5 rings (SSSR count). The van der Waals surface area contributed by atoms with E-state index in [4.69, 9.17) is 18.6 Å². The predicted octanol–water partition coefficient (Wildman–Crippen LogP) is 5.53. The van der Waals surface area contributed by atoms with Gasteiger partial charge in [-0.15, -0.1) is 0 Å². The van der Waals surface area contributed by atoms with Gasteiger partial charge in [-0.05, 0) is 35.2 Å². The fraction of sp³-hybridized carbons (Fsp3) is 0.286. The van der Waals surface area contributed by atoms with Gasteiger partial charge in [0.05, 0.1) is 24.0 Å². The Balaban J connectivity index is 1.77. The zero-order valence-corrected chi connectivity index (χ0v) is 19.5. The maximum absolute atomic E-state index is 13.4. The number of benzene rings is 2. The molecule has 0 saturated heterocycles. The molecule has 6 heteroatoms. The lowest BCUT2D eigenvalue weighted by Gasteiger charge is -2.38. The summed E-state index contributed by atoms with van der Waals surface area (Å²) in [7, 11) is 1.55. The maximum Gasteiger partial charge on any atom is 0.344 e. The number of carbonyl (C=O) groups excluding carboxylic acids is 1. The van der Waals surface area contributed by atoms with Crippen molar-refractivity contribution in [3.8, 4) is 17.2 Å². The number of fused-ring (bicyclic) bond motifs is 3. The third kappa shape index (κ3) is 3.59. The quantitative estimate of drug-likeness (QED) is 0.369. The first-order valence-electron chi connectivity index (χ1n) is 11.2. The second-order valence-electron chi connectivity index (χ2n) is 9.45. The monoisotopic (exact) mass is 458 g/mol. The minimum Gasteiger partial charge on any atom is -0.493 e. The maximum atomic E-state index is 13.4. The number of hydrogen-bond acceptors (Lipinski definition) is 6. The summed E-state index contributed by atoms with van der Waals surface area (Å²) in [6.07, 6.45) is 2.62. The van der Waals surface area contributed by atoms with Gasteiger partial charge in [0.1, 0.15) is 23.7 Å². The normalized spacial score (nSPS) is 18.7. The van der Waals surface area contributed by atoms with E-state index in [1.54, 1.807) is 25.3 Å². The van der Waals surface area contributed by atoms with Crippen LogP contribution in [0.1, 0.15) is 43.7 Å². The summed E-state index contributed by atoms with van der Waals surface area (Å²) < 4.78 is 23.3. The largest absolute Gasteiger partial charge is 0.493 e. The topological polar surface area (TPSA) is 75.0 Å². The van der Waals surface area contributed by atoms with Crippen molar-refractivity contribution in [3.63, 3.8) is 0 Å². The van der Waals surface area contributed by atoms with Crippen molar-refractivity contribution in [2.45, 2.75) is 32.6 Å². The molecule has 1 atom stereocenters. The number of hydrogen-bond donors (Lipinski definition) is 0. The van der Waals surface area contributed by atoms with Crippen molar-refractivity contribution >= 4 is 16.8 Å². The van der Waals surface area contributed by atoms with E-state index in [0.29, 0.717) is 64.6 Å². The summed E-state index contributed by atoms with van der Waals surface area (Å²) in [5.74, 6) is 1.45. The molecule has 1 aromatic heterocycles. The van der Waals surface area contributed by atoms with Crippen LogP contribution in [0.25, 0.3) is 11.0 Å². The first-order valence-corrected chi connectivity index (χ1v) is 11.2. The van der Waals surface area contributed by atoms with E-state index >= 15 is 0 Å². The Labute approximate surface area is 197 Å². The Kier molecular flexibility index (Phi) is 5.31. The molecule has 2 aromatic carbocycles. The van der Waals surface area contributed by atoms with E-state index < -0.39 is 11.5 Å². The second kappa shape index (κ2) is 8.20.